The maximum absolute atomic E-state index is 13.1. The third-order valence-corrected chi connectivity index (χ3v) is 6.26. The van der Waals surface area contributed by atoms with Crippen LogP contribution in [0.3, 0.4) is 0 Å². The number of amides is 3. The van der Waals surface area contributed by atoms with Crippen LogP contribution in [0.25, 0.3) is 0 Å². The highest BCUT2D eigenvalue weighted by Gasteiger charge is 2.51. The Labute approximate surface area is 185 Å². The lowest BCUT2D eigenvalue weighted by molar-refractivity contribution is -0.137. The van der Waals surface area contributed by atoms with Gasteiger partial charge in [0.25, 0.3) is 5.91 Å². The van der Waals surface area contributed by atoms with Crippen molar-refractivity contribution in [3.63, 3.8) is 0 Å². The highest BCUT2D eigenvalue weighted by atomic mass is 79.9. The lowest BCUT2D eigenvalue weighted by Crippen LogP contribution is -2.65. The second-order valence-corrected chi connectivity index (χ2v) is 8.57. The lowest BCUT2D eigenvalue weighted by Gasteiger charge is -2.41. The number of hydrogen-bond acceptors (Lipinski definition) is 5. The number of anilines is 1. The number of carbonyl (C=O) groups excluding carboxylic acids is 2. The molecule has 0 spiro atoms. The summed E-state index contributed by atoms with van der Waals surface area (Å²) < 4.78 is 0.622. The molecule has 2 atom stereocenters. The fourth-order valence-corrected chi connectivity index (χ4v) is 4.44. The van der Waals surface area contributed by atoms with Crippen LogP contribution < -0.4 is 5.32 Å². The molecule has 7 nitrogen and oxygen atoms in total. The van der Waals surface area contributed by atoms with E-state index in [1.165, 1.54) is 4.90 Å². The van der Waals surface area contributed by atoms with Crippen molar-refractivity contribution in [3.8, 4) is 0 Å². The summed E-state index contributed by atoms with van der Waals surface area (Å²) in [4.78, 5) is 35.1. The first-order chi connectivity index (χ1) is 13.8. The summed E-state index contributed by atoms with van der Waals surface area (Å²) in [6.45, 7) is 5.90. The van der Waals surface area contributed by atoms with Crippen LogP contribution in [0.1, 0.15) is 31.7 Å². The minimum Gasteiger partial charge on any atom is -0.385 e. The summed E-state index contributed by atoms with van der Waals surface area (Å²) in [6, 6.07) is 5.02. The number of carbonyl (C=O) groups is 2. The van der Waals surface area contributed by atoms with Gasteiger partial charge in [0.1, 0.15) is 0 Å². The molecule has 3 rings (SSSR count). The van der Waals surface area contributed by atoms with E-state index in [1.54, 1.807) is 11.9 Å². The lowest BCUT2D eigenvalue weighted by atomic mass is 10.1. The van der Waals surface area contributed by atoms with E-state index in [-0.39, 0.29) is 11.9 Å². The summed E-state index contributed by atoms with van der Waals surface area (Å²) in [5.41, 5.74) is 2.14. The van der Waals surface area contributed by atoms with Gasteiger partial charge in [-0.25, -0.2) is 9.79 Å². The summed E-state index contributed by atoms with van der Waals surface area (Å²) in [5, 5.41) is 4.10. The van der Waals surface area contributed by atoms with Crippen molar-refractivity contribution in [3.05, 3.63) is 28.8 Å². The number of urea groups is 1. The molecule has 2 aliphatic heterocycles. The standard InChI is InChI=1S/C20H27BrClN5O2/c1-4-5-10-27-18(28)16-17(25(3)20(27)29)24-19(21)26(16)11-6-9-23-15-12-14(22)8-7-13(15)2/h7-8,12,16-17,23H,4-6,9-11H2,1-3H3. The number of benzene rings is 1. The molecule has 2 heterocycles. The van der Waals surface area contributed by atoms with Crippen molar-refractivity contribution >= 4 is 49.9 Å². The number of halogens is 2. The predicted molar refractivity (Wildman–Crippen MR) is 120 cm³/mol. The van der Waals surface area contributed by atoms with Crippen molar-refractivity contribution in [2.24, 2.45) is 4.99 Å². The monoisotopic (exact) mass is 483 g/mol. The van der Waals surface area contributed by atoms with Gasteiger partial charge in [0.15, 0.2) is 17.0 Å². The second-order valence-electron chi connectivity index (χ2n) is 7.43. The number of imide groups is 1. The first kappa shape index (κ1) is 21.9. The quantitative estimate of drug-likeness (QED) is 0.449. The van der Waals surface area contributed by atoms with Crippen molar-refractivity contribution in [1.29, 1.82) is 0 Å². The normalized spacial score (nSPS) is 21.6. The highest BCUT2D eigenvalue weighted by Crippen LogP contribution is 2.30. The Kier molecular flexibility index (Phi) is 7.05. The first-order valence-electron chi connectivity index (χ1n) is 9.93. The third-order valence-electron chi connectivity index (χ3n) is 5.37. The Hall–Kier alpha value is -1.80. The number of unbranched alkanes of at least 4 members (excludes halogenated alkanes) is 1. The van der Waals surface area contributed by atoms with Gasteiger partial charge in [0.05, 0.1) is 0 Å². The van der Waals surface area contributed by atoms with E-state index in [0.29, 0.717) is 22.9 Å². The van der Waals surface area contributed by atoms with Gasteiger partial charge in [-0.1, -0.05) is 31.0 Å². The zero-order valence-corrected chi connectivity index (χ0v) is 19.3. The molecular weight excluding hydrogens is 458 g/mol. The largest absolute Gasteiger partial charge is 0.385 e. The topological polar surface area (TPSA) is 68.2 Å². The Morgan fingerprint density at radius 1 is 1.24 bits per heavy atom. The molecule has 1 aromatic carbocycles. The van der Waals surface area contributed by atoms with E-state index in [0.717, 1.165) is 37.1 Å². The maximum atomic E-state index is 13.1. The molecule has 3 amide bonds. The molecule has 0 aromatic heterocycles. The van der Waals surface area contributed by atoms with E-state index in [2.05, 4.69) is 26.2 Å². The summed E-state index contributed by atoms with van der Waals surface area (Å²) in [5.74, 6) is -0.164. The molecule has 0 aliphatic carbocycles. The number of hydrogen-bond donors (Lipinski definition) is 1. The van der Waals surface area contributed by atoms with E-state index >= 15 is 0 Å². The van der Waals surface area contributed by atoms with Gasteiger partial charge < -0.3 is 15.1 Å². The van der Waals surface area contributed by atoms with Gasteiger partial charge in [-0.15, -0.1) is 0 Å². The van der Waals surface area contributed by atoms with Crippen LogP contribution in [-0.2, 0) is 4.79 Å². The molecule has 1 aromatic rings. The van der Waals surface area contributed by atoms with Crippen LogP contribution in [0.2, 0.25) is 5.02 Å². The highest BCUT2D eigenvalue weighted by molar-refractivity contribution is 9.18. The Balaban J connectivity index is 1.63. The van der Waals surface area contributed by atoms with Crippen LogP contribution in [0.4, 0.5) is 10.5 Å². The predicted octanol–water partition coefficient (Wildman–Crippen LogP) is 3.91. The zero-order valence-electron chi connectivity index (χ0n) is 17.0. The fraction of sp³-hybridized carbons (Fsp3) is 0.550. The molecule has 2 unspecified atom stereocenters. The van der Waals surface area contributed by atoms with Crippen LogP contribution in [0.15, 0.2) is 23.2 Å². The van der Waals surface area contributed by atoms with Crippen LogP contribution >= 0.6 is 27.5 Å². The van der Waals surface area contributed by atoms with E-state index < -0.39 is 12.2 Å². The van der Waals surface area contributed by atoms with Gasteiger partial charge in [-0.05, 0) is 53.4 Å². The number of aliphatic imine (C=N–C) groups is 1. The molecule has 0 bridgehead atoms. The van der Waals surface area contributed by atoms with Crippen molar-refractivity contribution in [2.45, 2.75) is 45.3 Å². The molecule has 1 fully saturated rings. The van der Waals surface area contributed by atoms with Gasteiger partial charge in [-0.2, -0.15) is 0 Å². The number of aryl methyl sites for hydroxylation is 1. The van der Waals surface area contributed by atoms with Crippen LogP contribution in [-0.4, -0.2) is 70.3 Å². The third kappa shape index (κ3) is 4.53. The maximum Gasteiger partial charge on any atom is 0.328 e. The molecule has 2 aliphatic rings. The van der Waals surface area contributed by atoms with E-state index in [4.69, 9.17) is 11.6 Å². The number of nitrogens with zero attached hydrogens (tertiary/aromatic N) is 4. The van der Waals surface area contributed by atoms with Gasteiger partial charge >= 0.3 is 6.03 Å². The zero-order chi connectivity index (χ0) is 21.1. The van der Waals surface area contributed by atoms with Crippen molar-refractivity contribution < 1.29 is 9.59 Å². The molecule has 1 N–H and O–H groups in total. The van der Waals surface area contributed by atoms with E-state index in [9.17, 15) is 9.59 Å². The number of nitrogens with one attached hydrogen (secondary N) is 1. The molecule has 0 saturated carbocycles. The molecule has 158 valence electrons. The molecule has 0 radical (unpaired) electrons. The minimum absolute atomic E-state index is 0.164. The molecule has 9 heteroatoms. The number of likely N-dealkylation sites (N-methyl/N-ethyl adjacent to an activating group) is 1. The minimum atomic E-state index is -0.481. The smallest absolute Gasteiger partial charge is 0.328 e. The molecule has 29 heavy (non-hydrogen) atoms. The number of amidine groups is 1. The number of fused-ring (bicyclic) bond motifs is 1. The Bertz CT molecular complexity index is 818. The summed E-state index contributed by atoms with van der Waals surface area (Å²) in [7, 11) is 1.71. The SMILES string of the molecule is CCCCN1C(=O)C2C(N=C(Br)N2CCCNc2cc(Cl)ccc2C)N(C)C1=O. The fourth-order valence-electron chi connectivity index (χ4n) is 3.66. The summed E-state index contributed by atoms with van der Waals surface area (Å²) >= 11 is 9.57. The van der Waals surface area contributed by atoms with Crippen LogP contribution in [0.5, 0.6) is 0 Å². The molecular formula is C20H27BrClN5O2. The number of rotatable bonds is 8. The Morgan fingerprint density at radius 3 is 2.72 bits per heavy atom. The first-order valence-corrected chi connectivity index (χ1v) is 11.1. The van der Waals surface area contributed by atoms with Crippen LogP contribution in [0, 0.1) is 6.92 Å². The van der Waals surface area contributed by atoms with Gasteiger partial charge in [-0.3, -0.25) is 9.69 Å². The van der Waals surface area contributed by atoms with Gasteiger partial charge in [0.2, 0.25) is 0 Å². The van der Waals surface area contributed by atoms with Crippen molar-refractivity contribution in [1.82, 2.24) is 14.7 Å². The average molecular weight is 485 g/mol. The second kappa shape index (κ2) is 9.34. The van der Waals surface area contributed by atoms with Gasteiger partial charge in [0, 0.05) is 37.4 Å². The Morgan fingerprint density at radius 2 is 2.00 bits per heavy atom. The van der Waals surface area contributed by atoms with E-state index in [1.807, 2.05) is 36.9 Å². The molecule has 1 saturated heterocycles. The average Bonchev–Trinajstić information content (AvgIpc) is 3.02. The van der Waals surface area contributed by atoms with Crippen molar-refractivity contribution in [2.75, 3.05) is 32.0 Å². The summed E-state index contributed by atoms with van der Waals surface area (Å²) in [6.07, 6.45) is 2.05.